The maximum atomic E-state index is 5.72. The summed E-state index contributed by atoms with van der Waals surface area (Å²) in [6.07, 6.45) is 0.204. The summed E-state index contributed by atoms with van der Waals surface area (Å²) in [6, 6.07) is 8.21. The SMILES string of the molecule is COCCOCCO[C@@H](C)CNc1ccc(NC[C@H](C)OCCOCCOC)cc1. The molecule has 0 amide bonds. The van der Waals surface area contributed by atoms with Crippen LogP contribution in [0.2, 0.25) is 0 Å². The lowest BCUT2D eigenvalue weighted by Gasteiger charge is -2.16. The number of hydrogen-bond acceptors (Lipinski definition) is 8. The van der Waals surface area contributed by atoms with E-state index in [0.29, 0.717) is 52.9 Å². The molecule has 0 unspecified atom stereocenters. The molecule has 0 bridgehead atoms. The van der Waals surface area contributed by atoms with Gasteiger partial charge < -0.3 is 39.1 Å². The second-order valence-corrected chi connectivity index (χ2v) is 6.91. The molecule has 0 aliphatic heterocycles. The maximum Gasteiger partial charge on any atom is 0.0720 e. The van der Waals surface area contributed by atoms with Crippen molar-refractivity contribution in [2.75, 3.05) is 90.8 Å². The number of methoxy groups -OCH3 is 2. The Bertz CT molecular complexity index is 458. The lowest BCUT2D eigenvalue weighted by atomic mass is 10.2. The van der Waals surface area contributed by atoms with E-state index >= 15 is 0 Å². The molecule has 0 saturated heterocycles. The van der Waals surface area contributed by atoms with Crippen molar-refractivity contribution in [3.8, 4) is 0 Å². The molecule has 0 aromatic heterocycles. The smallest absolute Gasteiger partial charge is 0.0720 e. The molecule has 0 spiro atoms. The highest BCUT2D eigenvalue weighted by Gasteiger charge is 2.04. The third-order valence-corrected chi connectivity index (χ3v) is 4.20. The molecule has 0 fully saturated rings. The summed E-state index contributed by atoms with van der Waals surface area (Å²) in [5.74, 6) is 0. The number of ether oxygens (including phenoxy) is 6. The van der Waals surface area contributed by atoms with Gasteiger partial charge in [0.05, 0.1) is 65.1 Å². The minimum atomic E-state index is 0.102. The van der Waals surface area contributed by atoms with Crippen LogP contribution in [0, 0.1) is 0 Å². The summed E-state index contributed by atoms with van der Waals surface area (Å²) in [7, 11) is 3.32. The Hall–Kier alpha value is -1.42. The van der Waals surface area contributed by atoms with Gasteiger partial charge in [-0.15, -0.1) is 0 Å². The van der Waals surface area contributed by atoms with E-state index < -0.39 is 0 Å². The van der Waals surface area contributed by atoms with Crippen LogP contribution < -0.4 is 10.6 Å². The Labute approximate surface area is 181 Å². The van der Waals surface area contributed by atoms with E-state index in [-0.39, 0.29) is 12.2 Å². The van der Waals surface area contributed by atoms with Crippen LogP contribution >= 0.6 is 0 Å². The molecule has 0 radical (unpaired) electrons. The fourth-order valence-corrected chi connectivity index (χ4v) is 2.45. The van der Waals surface area contributed by atoms with E-state index in [4.69, 9.17) is 28.4 Å². The zero-order valence-electron chi connectivity index (χ0n) is 19.0. The molecule has 0 aliphatic rings. The average molecular weight is 429 g/mol. The summed E-state index contributed by atoms with van der Waals surface area (Å²) in [5.41, 5.74) is 2.12. The topological polar surface area (TPSA) is 79.4 Å². The van der Waals surface area contributed by atoms with Gasteiger partial charge in [0.25, 0.3) is 0 Å². The van der Waals surface area contributed by atoms with Crippen LogP contribution in [0.25, 0.3) is 0 Å². The van der Waals surface area contributed by atoms with Crippen LogP contribution in [-0.4, -0.2) is 92.4 Å². The molecule has 30 heavy (non-hydrogen) atoms. The molecular formula is C22H40N2O6. The highest BCUT2D eigenvalue weighted by atomic mass is 16.5. The number of hydrogen-bond donors (Lipinski definition) is 2. The van der Waals surface area contributed by atoms with Gasteiger partial charge in [-0.2, -0.15) is 0 Å². The third kappa shape index (κ3) is 14.5. The van der Waals surface area contributed by atoms with Gasteiger partial charge >= 0.3 is 0 Å². The number of anilines is 2. The monoisotopic (exact) mass is 428 g/mol. The van der Waals surface area contributed by atoms with Gasteiger partial charge in [-0.1, -0.05) is 0 Å². The Balaban J connectivity index is 2.10. The zero-order chi connectivity index (χ0) is 21.9. The summed E-state index contributed by atoms with van der Waals surface area (Å²) in [6.45, 7) is 10.3. The van der Waals surface area contributed by atoms with Gasteiger partial charge in [-0.05, 0) is 38.1 Å². The van der Waals surface area contributed by atoms with Gasteiger partial charge in [0.1, 0.15) is 0 Å². The predicted molar refractivity (Wildman–Crippen MR) is 120 cm³/mol. The molecule has 174 valence electrons. The molecule has 0 aliphatic carbocycles. The van der Waals surface area contributed by atoms with E-state index in [2.05, 4.69) is 34.9 Å². The van der Waals surface area contributed by atoms with Crippen molar-refractivity contribution in [3.05, 3.63) is 24.3 Å². The van der Waals surface area contributed by atoms with Gasteiger partial charge in [0, 0.05) is 38.7 Å². The summed E-state index contributed by atoms with van der Waals surface area (Å²) in [4.78, 5) is 0. The fraction of sp³-hybridized carbons (Fsp3) is 0.727. The first-order valence-corrected chi connectivity index (χ1v) is 10.6. The highest BCUT2D eigenvalue weighted by molar-refractivity contribution is 5.53. The number of rotatable bonds is 20. The third-order valence-electron chi connectivity index (χ3n) is 4.20. The molecule has 2 N–H and O–H groups in total. The Morgan fingerprint density at radius 1 is 0.600 bits per heavy atom. The first kappa shape index (κ1) is 26.6. The number of nitrogens with one attached hydrogen (secondary N) is 2. The lowest BCUT2D eigenvalue weighted by Crippen LogP contribution is -2.22. The normalized spacial score (nSPS) is 13.2. The predicted octanol–water partition coefficient (Wildman–Crippen LogP) is 2.65. The molecule has 1 rings (SSSR count). The zero-order valence-corrected chi connectivity index (χ0v) is 19.0. The van der Waals surface area contributed by atoms with E-state index in [1.807, 2.05) is 13.8 Å². The van der Waals surface area contributed by atoms with E-state index in [9.17, 15) is 0 Å². The first-order chi connectivity index (χ1) is 14.7. The van der Waals surface area contributed by atoms with Crippen molar-refractivity contribution in [2.45, 2.75) is 26.1 Å². The van der Waals surface area contributed by atoms with Crippen LogP contribution in [0.1, 0.15) is 13.8 Å². The van der Waals surface area contributed by atoms with Crippen molar-refractivity contribution in [3.63, 3.8) is 0 Å². The summed E-state index contributed by atoms with van der Waals surface area (Å²) >= 11 is 0. The van der Waals surface area contributed by atoms with Gasteiger partial charge in [0.15, 0.2) is 0 Å². The molecule has 0 saturated carbocycles. The summed E-state index contributed by atoms with van der Waals surface area (Å²) in [5, 5.41) is 6.77. The van der Waals surface area contributed by atoms with E-state index in [1.165, 1.54) is 0 Å². The van der Waals surface area contributed by atoms with Gasteiger partial charge in [-0.25, -0.2) is 0 Å². The highest BCUT2D eigenvalue weighted by Crippen LogP contribution is 2.14. The van der Waals surface area contributed by atoms with Crippen molar-refractivity contribution < 1.29 is 28.4 Å². The van der Waals surface area contributed by atoms with Crippen molar-refractivity contribution in [1.82, 2.24) is 0 Å². The molecule has 1 aromatic carbocycles. The van der Waals surface area contributed by atoms with Gasteiger partial charge in [-0.3, -0.25) is 0 Å². The van der Waals surface area contributed by atoms with Crippen molar-refractivity contribution in [1.29, 1.82) is 0 Å². The standard InChI is InChI=1S/C22H40N2O6/c1-19(29-15-13-27-11-9-25-3)17-23-21-5-7-22(8-6-21)24-18-20(2)30-16-14-28-12-10-26-4/h5-8,19-20,23-24H,9-18H2,1-4H3/t19-,20-/m0/s1. The van der Waals surface area contributed by atoms with Crippen LogP contribution in [0.5, 0.6) is 0 Å². The summed E-state index contributed by atoms with van der Waals surface area (Å²) < 4.78 is 32.1. The van der Waals surface area contributed by atoms with Crippen molar-refractivity contribution in [2.24, 2.45) is 0 Å². The van der Waals surface area contributed by atoms with Crippen LogP contribution in [0.15, 0.2) is 24.3 Å². The second-order valence-electron chi connectivity index (χ2n) is 6.91. The van der Waals surface area contributed by atoms with E-state index in [0.717, 1.165) is 24.5 Å². The molecule has 8 nitrogen and oxygen atoms in total. The fourth-order valence-electron chi connectivity index (χ4n) is 2.45. The molecule has 8 heteroatoms. The Morgan fingerprint density at radius 2 is 0.967 bits per heavy atom. The Morgan fingerprint density at radius 3 is 1.33 bits per heavy atom. The van der Waals surface area contributed by atoms with E-state index in [1.54, 1.807) is 14.2 Å². The van der Waals surface area contributed by atoms with Gasteiger partial charge in [0.2, 0.25) is 0 Å². The minimum Gasteiger partial charge on any atom is -0.382 e. The molecule has 2 atom stereocenters. The lowest BCUT2D eigenvalue weighted by molar-refractivity contribution is 0.00351. The van der Waals surface area contributed by atoms with Crippen LogP contribution in [-0.2, 0) is 28.4 Å². The van der Waals surface area contributed by atoms with Crippen LogP contribution in [0.3, 0.4) is 0 Å². The average Bonchev–Trinajstić information content (AvgIpc) is 2.76. The molecule has 1 aromatic rings. The van der Waals surface area contributed by atoms with Crippen molar-refractivity contribution >= 4 is 11.4 Å². The Kier molecular flexibility index (Phi) is 16.3. The number of benzene rings is 1. The first-order valence-electron chi connectivity index (χ1n) is 10.6. The molecule has 0 heterocycles. The van der Waals surface area contributed by atoms with Crippen LogP contribution in [0.4, 0.5) is 11.4 Å². The minimum absolute atomic E-state index is 0.102. The quantitative estimate of drug-likeness (QED) is 0.307. The second kappa shape index (κ2) is 18.4. The maximum absolute atomic E-state index is 5.72. The largest absolute Gasteiger partial charge is 0.382 e. The molecular weight excluding hydrogens is 388 g/mol.